The van der Waals surface area contributed by atoms with Gasteiger partial charge in [0.05, 0.1) is 12.7 Å². The van der Waals surface area contributed by atoms with Crippen LogP contribution in [-0.2, 0) is 17.9 Å². The van der Waals surface area contributed by atoms with Gasteiger partial charge in [-0.2, -0.15) is 0 Å². The van der Waals surface area contributed by atoms with Crippen molar-refractivity contribution < 1.29 is 19.0 Å². The molecule has 6 heteroatoms. The van der Waals surface area contributed by atoms with Crippen LogP contribution >= 0.6 is 0 Å². The second-order valence-electron chi connectivity index (χ2n) is 10.5. The average Bonchev–Trinajstić information content (AvgIpc) is 2.86. The van der Waals surface area contributed by atoms with Gasteiger partial charge in [0, 0.05) is 37.3 Å². The Hall–Kier alpha value is -2.44. The number of rotatable bonds is 7. The monoisotopic (exact) mass is 482 g/mol. The minimum Gasteiger partial charge on any atom is -0.490 e. The van der Waals surface area contributed by atoms with E-state index in [-0.39, 0.29) is 30.1 Å². The van der Waals surface area contributed by atoms with E-state index in [2.05, 4.69) is 36.9 Å². The van der Waals surface area contributed by atoms with Gasteiger partial charge in [-0.25, -0.2) is 4.39 Å². The van der Waals surface area contributed by atoms with E-state index in [9.17, 15) is 14.3 Å². The summed E-state index contributed by atoms with van der Waals surface area (Å²) >= 11 is 0. The smallest absolute Gasteiger partial charge is 0.229 e. The first-order valence-corrected chi connectivity index (χ1v) is 13.0. The lowest BCUT2D eigenvalue weighted by Crippen LogP contribution is -2.37. The molecule has 2 fully saturated rings. The zero-order valence-electron chi connectivity index (χ0n) is 21.3. The number of hydrogen-bond donors (Lipinski definition) is 1. The van der Waals surface area contributed by atoms with Gasteiger partial charge in [-0.15, -0.1) is 0 Å². The van der Waals surface area contributed by atoms with Crippen molar-refractivity contribution in [3.63, 3.8) is 0 Å². The van der Waals surface area contributed by atoms with Crippen LogP contribution in [0.2, 0.25) is 0 Å². The second kappa shape index (κ2) is 11.5. The van der Waals surface area contributed by atoms with Gasteiger partial charge >= 0.3 is 0 Å². The summed E-state index contributed by atoms with van der Waals surface area (Å²) < 4.78 is 19.6. The fourth-order valence-corrected chi connectivity index (χ4v) is 5.50. The normalized spacial score (nSPS) is 23.2. The fourth-order valence-electron chi connectivity index (χ4n) is 5.50. The molecule has 0 radical (unpaired) electrons. The van der Waals surface area contributed by atoms with E-state index in [1.807, 2.05) is 7.05 Å². The first kappa shape index (κ1) is 25.6. The van der Waals surface area contributed by atoms with E-state index in [4.69, 9.17) is 4.74 Å². The lowest BCUT2D eigenvalue weighted by Gasteiger charge is -2.32. The summed E-state index contributed by atoms with van der Waals surface area (Å²) in [4.78, 5) is 17.6. The van der Waals surface area contributed by atoms with Crippen LogP contribution in [0.4, 0.5) is 10.1 Å². The predicted molar refractivity (Wildman–Crippen MR) is 137 cm³/mol. The van der Waals surface area contributed by atoms with Gasteiger partial charge in [0.1, 0.15) is 11.6 Å². The molecule has 2 aromatic carbocycles. The third kappa shape index (κ3) is 6.42. The van der Waals surface area contributed by atoms with Crippen LogP contribution < -0.4 is 9.64 Å². The van der Waals surface area contributed by atoms with E-state index in [1.54, 1.807) is 17.0 Å². The molecule has 4 rings (SSSR count). The molecule has 1 atom stereocenters. The Kier molecular flexibility index (Phi) is 8.45. The largest absolute Gasteiger partial charge is 0.490 e. The van der Waals surface area contributed by atoms with E-state index in [1.165, 1.54) is 36.6 Å². The van der Waals surface area contributed by atoms with E-state index >= 15 is 0 Å². The number of carbonyl (C=O) groups excluding carboxylic acids is 1. The molecule has 0 unspecified atom stereocenters. The van der Waals surface area contributed by atoms with Crippen molar-refractivity contribution in [2.24, 2.45) is 11.8 Å². The third-order valence-electron chi connectivity index (χ3n) is 7.69. The second-order valence-corrected chi connectivity index (χ2v) is 10.5. The van der Waals surface area contributed by atoms with Gasteiger partial charge in [0.15, 0.2) is 0 Å². The van der Waals surface area contributed by atoms with E-state index < -0.39 is 5.82 Å². The molecule has 1 amide bonds. The maximum atomic E-state index is 13.6. The van der Waals surface area contributed by atoms with Crippen molar-refractivity contribution in [1.29, 1.82) is 0 Å². The standard InChI is InChI=1S/C29H39FN2O3/c1-20-5-4-14-32(17-20)18-23-6-9-25(15-21(23)2)31(3)29(34)22-7-10-26(11-8-22)35-27-12-13-28(30)24(16-27)19-33/h6,9,12-13,15-16,20,22,26,33H,4-5,7-8,10-11,14,17-19H2,1-3H3/t20-,22?,26?/m1/s1. The van der Waals surface area contributed by atoms with Gasteiger partial charge in [0.25, 0.3) is 0 Å². The summed E-state index contributed by atoms with van der Waals surface area (Å²) in [5.41, 5.74) is 3.76. The molecule has 0 bridgehead atoms. The Morgan fingerprint density at radius 3 is 2.57 bits per heavy atom. The molecule has 2 aromatic rings. The summed E-state index contributed by atoms with van der Waals surface area (Å²) in [6.45, 7) is 7.43. The first-order chi connectivity index (χ1) is 16.8. The van der Waals surface area contributed by atoms with Crippen LogP contribution in [0.5, 0.6) is 5.75 Å². The molecule has 0 spiro atoms. The quantitative estimate of drug-likeness (QED) is 0.570. The van der Waals surface area contributed by atoms with Gasteiger partial charge in [-0.1, -0.05) is 13.0 Å². The highest BCUT2D eigenvalue weighted by Crippen LogP contribution is 2.31. The molecule has 1 aliphatic heterocycles. The van der Waals surface area contributed by atoms with Gasteiger partial charge in [-0.05, 0) is 99.4 Å². The molecule has 5 nitrogen and oxygen atoms in total. The van der Waals surface area contributed by atoms with Crippen LogP contribution in [-0.4, -0.2) is 42.2 Å². The molecule has 1 heterocycles. The number of ether oxygens (including phenoxy) is 1. The molecule has 1 saturated carbocycles. The number of piperidine rings is 1. The molecule has 0 aromatic heterocycles. The third-order valence-corrected chi connectivity index (χ3v) is 7.69. The summed E-state index contributed by atoms with van der Waals surface area (Å²) in [5, 5.41) is 9.27. The molecule has 1 aliphatic carbocycles. The summed E-state index contributed by atoms with van der Waals surface area (Å²) in [7, 11) is 1.88. The minimum absolute atomic E-state index is 0.000365. The topological polar surface area (TPSA) is 53.0 Å². The number of nitrogens with zero attached hydrogens (tertiary/aromatic N) is 2. The van der Waals surface area contributed by atoms with Crippen molar-refractivity contribution >= 4 is 11.6 Å². The Bertz CT molecular complexity index is 1020. The molecule has 1 N–H and O–H groups in total. The average molecular weight is 483 g/mol. The molecule has 1 saturated heterocycles. The van der Waals surface area contributed by atoms with E-state index in [0.717, 1.165) is 50.4 Å². The maximum absolute atomic E-state index is 13.6. The van der Waals surface area contributed by atoms with Crippen molar-refractivity contribution in [2.75, 3.05) is 25.0 Å². The SMILES string of the molecule is Cc1cc(N(C)C(=O)C2CCC(Oc3ccc(F)c(CO)c3)CC2)ccc1CN1CCC[C@@H](C)C1. The van der Waals surface area contributed by atoms with Crippen LogP contribution in [0, 0.1) is 24.6 Å². The van der Waals surface area contributed by atoms with Crippen molar-refractivity contribution in [3.8, 4) is 5.75 Å². The number of benzene rings is 2. The zero-order valence-corrected chi connectivity index (χ0v) is 21.3. The van der Waals surface area contributed by atoms with Gasteiger partial charge in [0.2, 0.25) is 5.91 Å². The number of halogens is 1. The van der Waals surface area contributed by atoms with Crippen LogP contribution in [0.1, 0.15) is 62.1 Å². The van der Waals surface area contributed by atoms with Gasteiger partial charge in [-0.3, -0.25) is 9.69 Å². The Balaban J connectivity index is 1.30. The van der Waals surface area contributed by atoms with Crippen molar-refractivity contribution in [1.82, 2.24) is 4.90 Å². The lowest BCUT2D eigenvalue weighted by atomic mass is 9.86. The number of aliphatic hydroxyl groups excluding tert-OH is 1. The zero-order chi connectivity index (χ0) is 24.9. The number of aryl methyl sites for hydroxylation is 1. The van der Waals surface area contributed by atoms with Crippen LogP contribution in [0.15, 0.2) is 36.4 Å². The van der Waals surface area contributed by atoms with Crippen molar-refractivity contribution in [2.45, 2.75) is 71.6 Å². The van der Waals surface area contributed by atoms with Crippen LogP contribution in [0.3, 0.4) is 0 Å². The molecule has 190 valence electrons. The maximum Gasteiger partial charge on any atom is 0.229 e. The highest BCUT2D eigenvalue weighted by atomic mass is 19.1. The first-order valence-electron chi connectivity index (χ1n) is 13.0. The molecular formula is C29H39FN2O3. The van der Waals surface area contributed by atoms with E-state index in [0.29, 0.717) is 5.75 Å². The Morgan fingerprint density at radius 1 is 1.11 bits per heavy atom. The van der Waals surface area contributed by atoms with Crippen molar-refractivity contribution in [3.05, 3.63) is 58.9 Å². The Labute approximate surface area is 208 Å². The van der Waals surface area contributed by atoms with Crippen LogP contribution in [0.25, 0.3) is 0 Å². The molecular weight excluding hydrogens is 443 g/mol. The summed E-state index contributed by atoms with van der Waals surface area (Å²) in [5.74, 6) is 1.04. The highest BCUT2D eigenvalue weighted by molar-refractivity contribution is 5.94. The number of likely N-dealkylation sites (tertiary alicyclic amines) is 1. The lowest BCUT2D eigenvalue weighted by molar-refractivity contribution is -0.123. The Morgan fingerprint density at radius 2 is 1.89 bits per heavy atom. The predicted octanol–water partition coefficient (Wildman–Crippen LogP) is 5.46. The number of aliphatic hydroxyl groups is 1. The summed E-state index contributed by atoms with van der Waals surface area (Å²) in [6, 6.07) is 10.9. The molecule has 35 heavy (non-hydrogen) atoms. The minimum atomic E-state index is -0.429. The molecule has 2 aliphatic rings. The summed E-state index contributed by atoms with van der Waals surface area (Å²) in [6.07, 6.45) is 5.70. The van der Waals surface area contributed by atoms with Gasteiger partial charge < -0.3 is 14.7 Å². The fraction of sp³-hybridized carbons (Fsp3) is 0.552. The number of hydrogen-bond acceptors (Lipinski definition) is 4. The number of carbonyl (C=O) groups is 1. The highest BCUT2D eigenvalue weighted by Gasteiger charge is 2.30. The number of amides is 1. The number of anilines is 1.